The fraction of sp³-hybridized carbons (Fsp3) is 0.455. The van der Waals surface area contributed by atoms with Crippen molar-refractivity contribution >= 4 is 15.5 Å². The Morgan fingerprint density at radius 1 is 1.21 bits per heavy atom. The predicted octanol–water partition coefficient (Wildman–Crippen LogP) is 4.27. The van der Waals surface area contributed by atoms with Gasteiger partial charge in [-0.05, 0) is 54.3 Å². The fourth-order valence-electron chi connectivity index (χ4n) is 4.46. The van der Waals surface area contributed by atoms with Crippen molar-refractivity contribution in [2.75, 3.05) is 11.5 Å². The molecule has 0 aliphatic carbocycles. The molecule has 0 amide bonds. The van der Waals surface area contributed by atoms with Gasteiger partial charge in [0.15, 0.2) is 9.84 Å². The first-order valence-electron chi connectivity index (χ1n) is 9.80. The summed E-state index contributed by atoms with van der Waals surface area (Å²) in [5.74, 6) is -1.33. The van der Waals surface area contributed by atoms with Gasteiger partial charge < -0.3 is 10.8 Å². The summed E-state index contributed by atoms with van der Waals surface area (Å²) in [5.41, 5.74) is 6.68. The molecule has 4 nitrogen and oxygen atoms in total. The van der Waals surface area contributed by atoms with Crippen molar-refractivity contribution in [2.24, 2.45) is 5.41 Å². The van der Waals surface area contributed by atoms with E-state index in [4.69, 9.17) is 5.73 Å². The first kappa shape index (κ1) is 20.8. The number of fused-ring (bicyclic) bond motifs is 1. The molecular weight excluding hydrogens is 377 g/mol. The van der Waals surface area contributed by atoms with Crippen LogP contribution in [-0.2, 0) is 9.84 Å². The second-order valence-corrected chi connectivity index (χ2v) is 9.81. The van der Waals surface area contributed by atoms with Crippen molar-refractivity contribution in [2.45, 2.75) is 56.4 Å². The normalized spacial score (nSPS) is 26.4. The molecule has 0 aromatic heterocycles. The summed E-state index contributed by atoms with van der Waals surface area (Å²) in [4.78, 5) is 0.104. The van der Waals surface area contributed by atoms with Gasteiger partial charge in [-0.2, -0.15) is 0 Å². The highest BCUT2D eigenvalue weighted by Crippen LogP contribution is 2.48. The summed E-state index contributed by atoms with van der Waals surface area (Å²) < 4.78 is 40.7. The molecule has 3 N–H and O–H groups in total. The molecule has 0 bridgehead atoms. The Kier molecular flexibility index (Phi) is 5.82. The lowest BCUT2D eigenvalue weighted by atomic mass is 9.69. The Bertz CT molecular complexity index is 960. The topological polar surface area (TPSA) is 80.4 Å². The third-order valence-electron chi connectivity index (χ3n) is 6.06. The molecular formula is C22H28FNO3S. The summed E-state index contributed by atoms with van der Waals surface area (Å²) in [5, 5.41) is 11.6. The monoisotopic (exact) mass is 405 g/mol. The highest BCUT2D eigenvalue weighted by molar-refractivity contribution is 7.91. The van der Waals surface area contributed by atoms with Crippen LogP contribution in [0.25, 0.3) is 0 Å². The molecule has 0 saturated carbocycles. The second kappa shape index (κ2) is 7.84. The Labute approximate surface area is 166 Å². The minimum absolute atomic E-state index is 0.104. The highest BCUT2D eigenvalue weighted by Gasteiger charge is 2.48. The van der Waals surface area contributed by atoms with Gasteiger partial charge in [0.25, 0.3) is 0 Å². The zero-order valence-electron chi connectivity index (χ0n) is 16.4. The van der Waals surface area contributed by atoms with E-state index in [1.807, 2.05) is 19.9 Å². The smallest absolute Gasteiger partial charge is 0.179 e. The SMILES string of the molecule is CCCC[C@]1(CC)CS(=O)(=O)c2ccc(F)cc2[C@@H](c2cccc(N)c2)[C@H]1O. The third kappa shape index (κ3) is 3.67. The quantitative estimate of drug-likeness (QED) is 0.575. The lowest BCUT2D eigenvalue weighted by molar-refractivity contribution is 0.0174. The van der Waals surface area contributed by atoms with Gasteiger partial charge in [0.1, 0.15) is 5.82 Å². The van der Waals surface area contributed by atoms with Crippen LogP contribution in [0, 0.1) is 11.2 Å². The number of aliphatic hydroxyl groups is 1. The van der Waals surface area contributed by atoms with Crippen molar-refractivity contribution in [3.63, 3.8) is 0 Å². The summed E-state index contributed by atoms with van der Waals surface area (Å²) >= 11 is 0. The van der Waals surface area contributed by atoms with E-state index in [1.54, 1.807) is 18.2 Å². The van der Waals surface area contributed by atoms with Crippen LogP contribution >= 0.6 is 0 Å². The summed E-state index contributed by atoms with van der Waals surface area (Å²) in [6, 6.07) is 10.8. The van der Waals surface area contributed by atoms with E-state index < -0.39 is 33.1 Å². The maximum atomic E-state index is 14.2. The summed E-state index contributed by atoms with van der Waals surface area (Å²) in [6.07, 6.45) is 1.86. The minimum atomic E-state index is -3.69. The summed E-state index contributed by atoms with van der Waals surface area (Å²) in [6.45, 7) is 3.96. The molecule has 3 atom stereocenters. The van der Waals surface area contributed by atoms with E-state index in [0.717, 1.165) is 12.8 Å². The Morgan fingerprint density at radius 2 is 1.96 bits per heavy atom. The number of sulfone groups is 1. The summed E-state index contributed by atoms with van der Waals surface area (Å²) in [7, 11) is -3.69. The van der Waals surface area contributed by atoms with Gasteiger partial charge in [0.05, 0.1) is 16.8 Å². The van der Waals surface area contributed by atoms with Gasteiger partial charge in [-0.15, -0.1) is 0 Å². The van der Waals surface area contributed by atoms with Crippen molar-refractivity contribution in [3.05, 3.63) is 59.4 Å². The largest absolute Gasteiger partial charge is 0.399 e. The zero-order valence-corrected chi connectivity index (χ0v) is 17.2. The number of hydrogen-bond donors (Lipinski definition) is 2. The molecule has 1 aliphatic heterocycles. The lowest BCUT2D eigenvalue weighted by Crippen LogP contribution is -2.42. The molecule has 0 saturated heterocycles. The molecule has 1 heterocycles. The van der Waals surface area contributed by atoms with Crippen LogP contribution in [-0.4, -0.2) is 25.4 Å². The minimum Gasteiger partial charge on any atom is -0.399 e. The van der Waals surface area contributed by atoms with Gasteiger partial charge in [0, 0.05) is 17.0 Å². The van der Waals surface area contributed by atoms with E-state index in [2.05, 4.69) is 0 Å². The zero-order chi connectivity index (χ0) is 20.5. The number of rotatable bonds is 5. The lowest BCUT2D eigenvalue weighted by Gasteiger charge is -2.39. The average Bonchev–Trinajstić information content (AvgIpc) is 2.71. The van der Waals surface area contributed by atoms with Crippen LogP contribution < -0.4 is 5.73 Å². The molecule has 1 aliphatic rings. The first-order valence-corrected chi connectivity index (χ1v) is 11.4. The number of anilines is 1. The van der Waals surface area contributed by atoms with Crippen LogP contribution in [0.3, 0.4) is 0 Å². The molecule has 28 heavy (non-hydrogen) atoms. The van der Waals surface area contributed by atoms with E-state index in [1.165, 1.54) is 18.2 Å². The van der Waals surface area contributed by atoms with E-state index in [9.17, 15) is 17.9 Å². The van der Waals surface area contributed by atoms with Crippen LogP contribution in [0.1, 0.15) is 56.6 Å². The molecule has 0 spiro atoms. The van der Waals surface area contributed by atoms with Crippen molar-refractivity contribution in [1.29, 1.82) is 0 Å². The van der Waals surface area contributed by atoms with Crippen molar-refractivity contribution in [1.82, 2.24) is 0 Å². The van der Waals surface area contributed by atoms with Gasteiger partial charge in [-0.25, -0.2) is 12.8 Å². The number of nitrogen functional groups attached to an aromatic ring is 1. The van der Waals surface area contributed by atoms with Crippen molar-refractivity contribution < 1.29 is 17.9 Å². The molecule has 6 heteroatoms. The van der Waals surface area contributed by atoms with E-state index >= 15 is 0 Å². The number of unbranched alkanes of at least 4 members (excludes halogenated alkanes) is 1. The highest BCUT2D eigenvalue weighted by atomic mass is 32.2. The molecule has 2 aromatic carbocycles. The third-order valence-corrected chi connectivity index (χ3v) is 8.06. The molecule has 0 unspecified atom stereocenters. The standard InChI is InChI=1S/C22H28FNO3S/c1-3-5-11-22(4-2)14-28(26,27)19-10-9-16(23)13-18(19)20(21(22)25)15-7-6-8-17(24)12-15/h6-10,12-13,20-21,25H,3-5,11,14,24H2,1-2H3/t20-,21-,22-/m1/s1. The number of benzene rings is 2. The molecule has 152 valence electrons. The second-order valence-electron chi connectivity index (χ2n) is 7.85. The van der Waals surface area contributed by atoms with Crippen LogP contribution in [0.4, 0.5) is 10.1 Å². The van der Waals surface area contributed by atoms with Crippen LogP contribution in [0.15, 0.2) is 47.4 Å². The Morgan fingerprint density at radius 3 is 2.61 bits per heavy atom. The van der Waals surface area contributed by atoms with Gasteiger partial charge in [-0.3, -0.25) is 0 Å². The van der Waals surface area contributed by atoms with Gasteiger partial charge >= 0.3 is 0 Å². The average molecular weight is 406 g/mol. The van der Waals surface area contributed by atoms with Crippen LogP contribution in [0.5, 0.6) is 0 Å². The molecule has 3 rings (SSSR count). The maximum absolute atomic E-state index is 14.2. The maximum Gasteiger partial charge on any atom is 0.179 e. The van der Waals surface area contributed by atoms with Gasteiger partial charge in [-0.1, -0.05) is 38.8 Å². The number of halogens is 1. The van der Waals surface area contributed by atoms with Gasteiger partial charge in [0.2, 0.25) is 0 Å². The number of nitrogens with two attached hydrogens (primary N) is 1. The molecule has 0 radical (unpaired) electrons. The molecule has 2 aromatic rings. The van der Waals surface area contributed by atoms with E-state index in [-0.39, 0.29) is 10.6 Å². The fourth-order valence-corrected chi connectivity index (χ4v) is 6.71. The molecule has 0 fully saturated rings. The first-order chi connectivity index (χ1) is 13.2. The Balaban J connectivity index is 2.30. The Hall–Kier alpha value is -1.92. The predicted molar refractivity (Wildman–Crippen MR) is 109 cm³/mol. The number of hydrogen-bond acceptors (Lipinski definition) is 4. The van der Waals surface area contributed by atoms with Crippen LogP contribution in [0.2, 0.25) is 0 Å². The van der Waals surface area contributed by atoms with E-state index in [0.29, 0.717) is 29.7 Å². The van der Waals surface area contributed by atoms with Crippen molar-refractivity contribution in [3.8, 4) is 0 Å². The number of aliphatic hydroxyl groups excluding tert-OH is 1.